The quantitative estimate of drug-likeness (QED) is 0.175. The molecule has 0 unspecified atom stereocenters. The number of ether oxygens (including phenoxy) is 5. The van der Waals surface area contributed by atoms with Crippen molar-refractivity contribution in [3.8, 4) is 0 Å². The van der Waals surface area contributed by atoms with Crippen LogP contribution in [0.4, 0.5) is 0 Å². The van der Waals surface area contributed by atoms with Gasteiger partial charge in [0.25, 0.3) is 0 Å². The van der Waals surface area contributed by atoms with Crippen LogP contribution in [0.1, 0.15) is 31.9 Å². The number of hydrogen-bond acceptors (Lipinski definition) is 6. The molecule has 0 N–H and O–H groups in total. The van der Waals surface area contributed by atoms with Crippen molar-refractivity contribution in [2.45, 2.75) is 68.1 Å². The number of hydrogen-bond donors (Lipinski definition) is 0. The first-order chi connectivity index (χ1) is 16.3. The van der Waals surface area contributed by atoms with E-state index in [0.717, 1.165) is 11.1 Å². The van der Waals surface area contributed by atoms with Gasteiger partial charge in [-0.1, -0.05) is 83.3 Å². The van der Waals surface area contributed by atoms with Gasteiger partial charge in [-0.25, -0.2) is 4.79 Å². The minimum atomic E-state index is -0.582. The molecule has 0 spiro atoms. The van der Waals surface area contributed by atoms with Crippen LogP contribution in [0, 0.1) is 0 Å². The van der Waals surface area contributed by atoms with E-state index in [0.29, 0.717) is 13.2 Å². The highest BCUT2D eigenvalue weighted by molar-refractivity contribution is 14.1. The second-order valence-corrected chi connectivity index (χ2v) is 10.5. The number of benzene rings is 2. The number of carbonyl (C=O) groups is 1. The van der Waals surface area contributed by atoms with E-state index in [1.165, 1.54) is 6.08 Å². The van der Waals surface area contributed by atoms with E-state index in [1.807, 2.05) is 81.4 Å². The van der Waals surface area contributed by atoms with E-state index >= 15 is 0 Å². The Kier molecular flexibility index (Phi) is 10.1. The average molecular weight is 580 g/mol. The number of alkyl halides is 1. The summed E-state index contributed by atoms with van der Waals surface area (Å²) in [6.45, 7) is 6.30. The Morgan fingerprint density at radius 3 is 1.97 bits per heavy atom. The largest absolute Gasteiger partial charge is 0.457 e. The first kappa shape index (κ1) is 26.8. The summed E-state index contributed by atoms with van der Waals surface area (Å²) in [5.74, 6) is -0.440. The predicted octanol–water partition coefficient (Wildman–Crippen LogP) is 5.23. The normalized spacial score (nSPS) is 25.4. The summed E-state index contributed by atoms with van der Waals surface area (Å²) >= 11 is 2.29. The summed E-state index contributed by atoms with van der Waals surface area (Å²) in [5, 5.41) is 0. The Hall–Kier alpha value is -1.78. The third kappa shape index (κ3) is 8.16. The van der Waals surface area contributed by atoms with E-state index in [-0.39, 0.29) is 10.0 Å². The molecule has 0 aromatic heterocycles. The molecule has 1 aliphatic heterocycles. The molecule has 0 saturated carbocycles. The van der Waals surface area contributed by atoms with Crippen LogP contribution in [0.2, 0.25) is 0 Å². The lowest BCUT2D eigenvalue weighted by atomic mass is 9.99. The summed E-state index contributed by atoms with van der Waals surface area (Å²) in [7, 11) is 1.60. The van der Waals surface area contributed by atoms with Crippen LogP contribution < -0.4 is 0 Å². The molecule has 7 heteroatoms. The number of esters is 1. The fourth-order valence-electron chi connectivity index (χ4n) is 3.59. The van der Waals surface area contributed by atoms with E-state index < -0.39 is 30.1 Å². The van der Waals surface area contributed by atoms with Crippen molar-refractivity contribution in [1.29, 1.82) is 0 Å². The maximum Gasteiger partial charge on any atom is 0.331 e. The third-order valence-electron chi connectivity index (χ3n) is 5.14. The summed E-state index contributed by atoms with van der Waals surface area (Å²) in [6, 6.07) is 19.9. The summed E-state index contributed by atoms with van der Waals surface area (Å²) in [5.41, 5.74) is 1.52. The minimum Gasteiger partial charge on any atom is -0.457 e. The fraction of sp³-hybridized carbons (Fsp3) is 0.444. The summed E-state index contributed by atoms with van der Waals surface area (Å²) in [6.07, 6.45) is 1.19. The molecule has 1 aliphatic rings. The smallest absolute Gasteiger partial charge is 0.331 e. The molecule has 0 bridgehead atoms. The Morgan fingerprint density at radius 2 is 1.47 bits per heavy atom. The third-order valence-corrected chi connectivity index (χ3v) is 6.44. The topological polar surface area (TPSA) is 63.2 Å². The Labute approximate surface area is 215 Å². The standard InChI is InChI=1S/C27H33IO6/c1-27(2,3)34-22(29)16-15-21-24(31-17-19-11-7-5-8-12-19)25(23(28)26(30-4)33-21)32-18-20-13-9-6-10-14-20/h5-16,21,23-26H,17-18H2,1-4H3/b16-15-/t21-,23+,24-,25-,26+/m1/s1. The molecule has 3 rings (SSSR count). The lowest BCUT2D eigenvalue weighted by Crippen LogP contribution is -2.57. The Bertz CT molecular complexity index is 912. The van der Waals surface area contributed by atoms with Gasteiger partial charge in [0.2, 0.25) is 0 Å². The first-order valence-electron chi connectivity index (χ1n) is 11.3. The number of rotatable bonds is 9. The van der Waals surface area contributed by atoms with Gasteiger partial charge in [0.15, 0.2) is 6.29 Å². The highest BCUT2D eigenvalue weighted by Crippen LogP contribution is 2.33. The molecule has 0 aliphatic carbocycles. The molecule has 6 nitrogen and oxygen atoms in total. The van der Waals surface area contributed by atoms with Crippen molar-refractivity contribution in [3.63, 3.8) is 0 Å². The fourth-order valence-corrected chi connectivity index (χ4v) is 4.67. The molecule has 2 aromatic carbocycles. The van der Waals surface area contributed by atoms with Crippen molar-refractivity contribution >= 4 is 28.6 Å². The molecule has 1 saturated heterocycles. The summed E-state index contributed by atoms with van der Waals surface area (Å²) in [4.78, 5) is 12.3. The number of carbonyl (C=O) groups excluding carboxylic acids is 1. The van der Waals surface area contributed by atoms with Crippen molar-refractivity contribution in [2.75, 3.05) is 7.11 Å². The number of halogens is 1. The van der Waals surface area contributed by atoms with Gasteiger partial charge in [0.05, 0.1) is 17.1 Å². The van der Waals surface area contributed by atoms with Crippen molar-refractivity contribution in [2.24, 2.45) is 0 Å². The van der Waals surface area contributed by atoms with Gasteiger partial charge in [-0.15, -0.1) is 0 Å². The molecule has 0 radical (unpaired) electrons. The maximum absolute atomic E-state index is 12.3. The molecular weight excluding hydrogens is 547 g/mol. The van der Waals surface area contributed by atoms with Crippen molar-refractivity contribution in [3.05, 3.63) is 83.9 Å². The van der Waals surface area contributed by atoms with Gasteiger partial charge in [-0.05, 0) is 38.0 Å². The van der Waals surface area contributed by atoms with Gasteiger partial charge in [-0.3, -0.25) is 0 Å². The van der Waals surface area contributed by atoms with Crippen LogP contribution in [-0.2, 0) is 41.7 Å². The van der Waals surface area contributed by atoms with Gasteiger partial charge in [0.1, 0.15) is 23.9 Å². The van der Waals surface area contributed by atoms with E-state index in [4.69, 9.17) is 23.7 Å². The second kappa shape index (κ2) is 12.8. The van der Waals surface area contributed by atoms with Gasteiger partial charge in [-0.2, -0.15) is 0 Å². The minimum absolute atomic E-state index is 0.127. The van der Waals surface area contributed by atoms with Gasteiger partial charge < -0.3 is 23.7 Å². The Balaban J connectivity index is 1.82. The monoisotopic (exact) mass is 580 g/mol. The number of methoxy groups -OCH3 is 1. The SMILES string of the molecule is CO[C@H]1O[C@H](/C=C\C(=O)OC(C)(C)C)[C@@H](OCc2ccccc2)[C@H](OCc2ccccc2)[C@@H]1I. The second-order valence-electron chi connectivity index (χ2n) is 9.06. The highest BCUT2D eigenvalue weighted by atomic mass is 127. The lowest BCUT2D eigenvalue weighted by molar-refractivity contribution is -0.244. The van der Waals surface area contributed by atoms with Crippen LogP contribution >= 0.6 is 22.6 Å². The average Bonchev–Trinajstić information content (AvgIpc) is 2.81. The molecule has 5 atom stereocenters. The molecule has 2 aromatic rings. The van der Waals surface area contributed by atoms with E-state index in [9.17, 15) is 4.79 Å². The van der Waals surface area contributed by atoms with Crippen molar-refractivity contribution < 1.29 is 28.5 Å². The zero-order valence-electron chi connectivity index (χ0n) is 20.1. The first-order valence-corrected chi connectivity index (χ1v) is 12.6. The highest BCUT2D eigenvalue weighted by Gasteiger charge is 2.46. The van der Waals surface area contributed by atoms with Crippen LogP contribution in [0.25, 0.3) is 0 Å². The van der Waals surface area contributed by atoms with Crippen LogP contribution in [0.15, 0.2) is 72.8 Å². The van der Waals surface area contributed by atoms with Crippen LogP contribution in [0.3, 0.4) is 0 Å². The van der Waals surface area contributed by atoms with Crippen LogP contribution in [0.5, 0.6) is 0 Å². The van der Waals surface area contributed by atoms with E-state index in [1.54, 1.807) is 13.2 Å². The van der Waals surface area contributed by atoms with Gasteiger partial charge >= 0.3 is 5.97 Å². The van der Waals surface area contributed by atoms with Gasteiger partial charge in [0, 0.05) is 13.2 Å². The molecule has 1 fully saturated rings. The molecule has 0 amide bonds. The van der Waals surface area contributed by atoms with E-state index in [2.05, 4.69) is 22.6 Å². The van der Waals surface area contributed by atoms with Crippen molar-refractivity contribution in [1.82, 2.24) is 0 Å². The Morgan fingerprint density at radius 1 is 0.941 bits per heavy atom. The molecule has 34 heavy (non-hydrogen) atoms. The zero-order chi connectivity index (χ0) is 24.6. The summed E-state index contributed by atoms with van der Waals surface area (Å²) < 4.78 is 29.8. The van der Waals surface area contributed by atoms with Crippen LogP contribution in [-0.4, -0.2) is 47.2 Å². The molecule has 184 valence electrons. The molecular formula is C27H33IO6. The molecule has 1 heterocycles. The maximum atomic E-state index is 12.3. The lowest BCUT2D eigenvalue weighted by Gasteiger charge is -2.43. The zero-order valence-corrected chi connectivity index (χ0v) is 22.2. The predicted molar refractivity (Wildman–Crippen MR) is 139 cm³/mol.